The van der Waals surface area contributed by atoms with Crippen molar-refractivity contribution in [2.24, 2.45) is 0 Å². The van der Waals surface area contributed by atoms with Crippen LogP contribution in [-0.4, -0.2) is 50.8 Å². The fourth-order valence-electron chi connectivity index (χ4n) is 2.75. The Morgan fingerprint density at radius 2 is 1.62 bits per heavy atom. The van der Waals surface area contributed by atoms with E-state index >= 15 is 0 Å². The molecule has 7 nitrogen and oxygen atoms in total. The number of hydrogen-bond donors (Lipinski definition) is 0. The lowest BCUT2D eigenvalue weighted by Crippen LogP contribution is -2.40. The van der Waals surface area contributed by atoms with Gasteiger partial charge < -0.3 is 14.6 Å². The molecule has 2 aromatic carbocycles. The molecule has 0 amide bonds. The highest BCUT2D eigenvalue weighted by atomic mass is 32.2. The summed E-state index contributed by atoms with van der Waals surface area (Å²) in [4.78, 5) is 23.9. The van der Waals surface area contributed by atoms with Crippen LogP contribution in [0.1, 0.15) is 26.3 Å². The van der Waals surface area contributed by atoms with Crippen molar-refractivity contribution in [3.05, 3.63) is 65.2 Å². The summed E-state index contributed by atoms with van der Waals surface area (Å²) in [7, 11) is -3.75. The Kier molecular flexibility index (Phi) is 5.17. The first-order valence-corrected chi connectivity index (χ1v) is 9.38. The van der Waals surface area contributed by atoms with E-state index in [4.69, 9.17) is 4.74 Å². The topological polar surface area (TPSA) is 104 Å². The Balaban J connectivity index is 1.97. The van der Waals surface area contributed by atoms with Crippen molar-refractivity contribution >= 4 is 21.8 Å². The maximum Gasteiger partial charge on any atom is 0.243 e. The number of ketones is 1. The lowest BCUT2D eigenvalue weighted by Gasteiger charge is -2.26. The van der Waals surface area contributed by atoms with Crippen LogP contribution >= 0.6 is 0 Å². The van der Waals surface area contributed by atoms with Gasteiger partial charge in [0.1, 0.15) is 0 Å². The minimum atomic E-state index is -3.75. The molecular weight excluding hydrogens is 358 g/mol. The Labute approximate surface area is 150 Å². The number of rotatable bonds is 5. The Morgan fingerprint density at radius 3 is 2.27 bits per heavy atom. The SMILES string of the molecule is O=C([O-])c1ccccc1C(=O)c1cccc(S(=O)(=O)N2CCOCC2)c1. The van der Waals surface area contributed by atoms with Gasteiger partial charge in [-0.05, 0) is 12.1 Å². The van der Waals surface area contributed by atoms with E-state index in [1.807, 2.05) is 0 Å². The number of sulfonamides is 1. The highest BCUT2D eigenvalue weighted by Gasteiger charge is 2.27. The zero-order chi connectivity index (χ0) is 18.7. The molecule has 1 aliphatic heterocycles. The summed E-state index contributed by atoms with van der Waals surface area (Å²) in [5.41, 5.74) is -0.194. The van der Waals surface area contributed by atoms with Gasteiger partial charge in [0.15, 0.2) is 5.78 Å². The van der Waals surface area contributed by atoms with Crippen LogP contribution in [0.3, 0.4) is 0 Å². The number of hydrogen-bond acceptors (Lipinski definition) is 6. The summed E-state index contributed by atoms with van der Waals surface area (Å²) in [5.74, 6) is -2.05. The standard InChI is InChI=1S/C18H17NO6S/c20-17(15-6-1-2-7-16(15)18(21)22)13-4-3-5-14(12-13)26(23,24)19-8-10-25-11-9-19/h1-7,12H,8-11H2,(H,21,22)/p-1. The number of carboxylic acid groups (broad SMARTS) is 1. The maximum absolute atomic E-state index is 12.7. The second-order valence-electron chi connectivity index (χ2n) is 5.71. The highest BCUT2D eigenvalue weighted by molar-refractivity contribution is 7.89. The number of aromatic carboxylic acids is 1. The normalized spacial score (nSPS) is 15.5. The Hall–Kier alpha value is -2.55. The van der Waals surface area contributed by atoms with Crippen molar-refractivity contribution in [1.82, 2.24) is 4.31 Å². The predicted molar refractivity (Wildman–Crippen MR) is 90.2 cm³/mol. The van der Waals surface area contributed by atoms with Gasteiger partial charge in [0, 0.05) is 29.8 Å². The van der Waals surface area contributed by atoms with Gasteiger partial charge >= 0.3 is 0 Å². The van der Waals surface area contributed by atoms with Crippen molar-refractivity contribution in [2.75, 3.05) is 26.3 Å². The van der Waals surface area contributed by atoms with Crippen molar-refractivity contribution in [1.29, 1.82) is 0 Å². The number of nitrogens with zero attached hydrogens (tertiary/aromatic N) is 1. The average molecular weight is 374 g/mol. The van der Waals surface area contributed by atoms with Gasteiger partial charge in [-0.3, -0.25) is 4.79 Å². The van der Waals surface area contributed by atoms with Gasteiger partial charge in [-0.2, -0.15) is 4.31 Å². The molecule has 1 fully saturated rings. The van der Waals surface area contributed by atoms with E-state index in [1.165, 1.54) is 52.8 Å². The molecule has 2 aromatic rings. The molecule has 0 aliphatic carbocycles. The summed E-state index contributed by atoms with van der Waals surface area (Å²) >= 11 is 0. The largest absolute Gasteiger partial charge is 0.545 e. The molecule has 0 spiro atoms. The third kappa shape index (κ3) is 3.52. The number of ether oxygens (including phenoxy) is 1. The van der Waals surface area contributed by atoms with Crippen LogP contribution in [0.25, 0.3) is 0 Å². The lowest BCUT2D eigenvalue weighted by atomic mass is 9.98. The smallest absolute Gasteiger partial charge is 0.243 e. The number of carboxylic acids is 1. The zero-order valence-electron chi connectivity index (χ0n) is 13.8. The van der Waals surface area contributed by atoms with Crippen LogP contribution < -0.4 is 5.11 Å². The molecule has 1 saturated heterocycles. The van der Waals surface area contributed by atoms with Crippen LogP contribution in [0.5, 0.6) is 0 Å². The summed E-state index contributed by atoms with van der Waals surface area (Å²) in [6, 6.07) is 11.3. The van der Waals surface area contributed by atoms with Gasteiger partial charge in [0.25, 0.3) is 0 Å². The van der Waals surface area contributed by atoms with Crippen LogP contribution in [0, 0.1) is 0 Å². The first-order chi connectivity index (χ1) is 12.4. The fraction of sp³-hybridized carbons (Fsp3) is 0.222. The molecular formula is C18H16NO6S-. The minimum absolute atomic E-state index is 0.0174. The lowest BCUT2D eigenvalue weighted by molar-refractivity contribution is -0.255. The molecule has 0 unspecified atom stereocenters. The number of carbonyl (C=O) groups is 2. The first-order valence-electron chi connectivity index (χ1n) is 7.94. The molecule has 0 bridgehead atoms. The van der Waals surface area contributed by atoms with E-state index < -0.39 is 21.8 Å². The van der Waals surface area contributed by atoms with Gasteiger partial charge in [-0.1, -0.05) is 36.4 Å². The van der Waals surface area contributed by atoms with E-state index in [0.29, 0.717) is 13.2 Å². The van der Waals surface area contributed by atoms with Crippen LogP contribution in [0.2, 0.25) is 0 Å². The Morgan fingerprint density at radius 1 is 0.962 bits per heavy atom. The monoisotopic (exact) mass is 374 g/mol. The van der Waals surface area contributed by atoms with E-state index in [0.717, 1.165) is 0 Å². The molecule has 0 atom stereocenters. The molecule has 136 valence electrons. The van der Waals surface area contributed by atoms with Crippen molar-refractivity contribution < 1.29 is 27.9 Å². The van der Waals surface area contributed by atoms with Gasteiger partial charge in [-0.15, -0.1) is 0 Å². The number of morpholine rings is 1. The van der Waals surface area contributed by atoms with Crippen LogP contribution in [-0.2, 0) is 14.8 Å². The molecule has 1 heterocycles. The average Bonchev–Trinajstić information content (AvgIpc) is 2.68. The van der Waals surface area contributed by atoms with Crippen molar-refractivity contribution in [3.63, 3.8) is 0 Å². The zero-order valence-corrected chi connectivity index (χ0v) is 14.6. The summed E-state index contributed by atoms with van der Waals surface area (Å²) in [6.45, 7) is 1.12. The van der Waals surface area contributed by atoms with E-state index in [-0.39, 0.29) is 34.7 Å². The number of benzene rings is 2. The molecule has 8 heteroatoms. The van der Waals surface area contributed by atoms with Gasteiger partial charge in [-0.25, -0.2) is 8.42 Å². The molecule has 0 saturated carbocycles. The second-order valence-corrected chi connectivity index (χ2v) is 7.64. The van der Waals surface area contributed by atoms with Crippen LogP contribution in [0.15, 0.2) is 53.4 Å². The molecule has 1 aliphatic rings. The van der Waals surface area contributed by atoms with Gasteiger partial charge in [0.2, 0.25) is 10.0 Å². The molecule has 26 heavy (non-hydrogen) atoms. The Bertz CT molecular complexity index is 948. The molecule has 0 N–H and O–H groups in total. The quantitative estimate of drug-likeness (QED) is 0.698. The van der Waals surface area contributed by atoms with E-state index in [1.54, 1.807) is 0 Å². The molecule has 3 rings (SSSR count). The fourth-order valence-corrected chi connectivity index (χ4v) is 4.20. The van der Waals surface area contributed by atoms with Gasteiger partial charge in [0.05, 0.1) is 24.1 Å². The van der Waals surface area contributed by atoms with Crippen molar-refractivity contribution in [2.45, 2.75) is 4.90 Å². The summed E-state index contributed by atoms with van der Waals surface area (Å²) < 4.78 is 31.9. The van der Waals surface area contributed by atoms with Crippen molar-refractivity contribution in [3.8, 4) is 0 Å². The third-order valence-electron chi connectivity index (χ3n) is 4.10. The maximum atomic E-state index is 12.7. The van der Waals surface area contributed by atoms with E-state index in [9.17, 15) is 23.1 Å². The first kappa shape index (κ1) is 18.2. The summed E-state index contributed by atoms with van der Waals surface area (Å²) in [5, 5.41) is 11.2. The minimum Gasteiger partial charge on any atom is -0.545 e. The third-order valence-corrected chi connectivity index (χ3v) is 5.99. The van der Waals surface area contributed by atoms with E-state index in [2.05, 4.69) is 0 Å². The molecule has 0 aromatic heterocycles. The summed E-state index contributed by atoms with van der Waals surface area (Å²) in [6.07, 6.45) is 0. The predicted octanol–water partition coefficient (Wildman–Crippen LogP) is 0.302. The highest BCUT2D eigenvalue weighted by Crippen LogP contribution is 2.21. The molecule has 0 radical (unpaired) electrons. The number of carbonyl (C=O) groups excluding carboxylic acids is 2. The van der Waals surface area contributed by atoms with Crippen LogP contribution in [0.4, 0.5) is 0 Å². The second kappa shape index (κ2) is 7.36.